The lowest BCUT2D eigenvalue weighted by Crippen LogP contribution is -2.31. The first-order chi connectivity index (χ1) is 18.5. The Kier molecular flexibility index (Phi) is 8.71. The van der Waals surface area contributed by atoms with Crippen molar-refractivity contribution in [1.82, 2.24) is 0 Å². The molecule has 4 atom stereocenters. The second-order valence-electron chi connectivity index (χ2n) is 10.5. The van der Waals surface area contributed by atoms with Gasteiger partial charge in [-0.1, -0.05) is 84.6 Å². The van der Waals surface area contributed by atoms with Crippen LogP contribution in [0.5, 0.6) is 0 Å². The van der Waals surface area contributed by atoms with Gasteiger partial charge in [0.2, 0.25) is 0 Å². The third kappa shape index (κ3) is 6.08. The fourth-order valence-electron chi connectivity index (χ4n) is 5.96. The monoisotopic (exact) mass is 548 g/mol. The van der Waals surface area contributed by atoms with Crippen molar-refractivity contribution in [1.29, 1.82) is 0 Å². The van der Waals surface area contributed by atoms with E-state index < -0.39 is 0 Å². The first-order valence-electron chi connectivity index (χ1n) is 13.7. The van der Waals surface area contributed by atoms with Gasteiger partial charge in [-0.25, -0.2) is 0 Å². The smallest absolute Gasteiger partial charge is 0.138 e. The van der Waals surface area contributed by atoms with Gasteiger partial charge in [-0.2, -0.15) is 0 Å². The van der Waals surface area contributed by atoms with Crippen LogP contribution in [0.15, 0.2) is 72.8 Å². The Balaban J connectivity index is 1.47. The average Bonchev–Trinajstić information content (AvgIpc) is 2.93. The van der Waals surface area contributed by atoms with E-state index >= 15 is 0 Å². The summed E-state index contributed by atoms with van der Waals surface area (Å²) >= 11 is 13.0. The van der Waals surface area contributed by atoms with Crippen LogP contribution >= 0.6 is 23.2 Å². The van der Waals surface area contributed by atoms with E-state index in [0.29, 0.717) is 34.5 Å². The van der Waals surface area contributed by atoms with Gasteiger partial charge in [-0.15, -0.1) is 0 Å². The molecule has 2 fully saturated rings. The Morgan fingerprint density at radius 1 is 0.579 bits per heavy atom. The van der Waals surface area contributed by atoms with Gasteiger partial charge in [0.1, 0.15) is 11.6 Å². The van der Waals surface area contributed by atoms with Crippen LogP contribution in [-0.2, 0) is 9.59 Å². The lowest BCUT2D eigenvalue weighted by Gasteiger charge is -2.33. The lowest BCUT2D eigenvalue weighted by atomic mass is 9.78. The molecule has 0 heterocycles. The van der Waals surface area contributed by atoms with E-state index in [0.717, 1.165) is 61.0 Å². The van der Waals surface area contributed by atoms with E-state index in [1.54, 1.807) is 0 Å². The minimum atomic E-state index is -0.178. The Bertz CT molecular complexity index is 1180. The summed E-state index contributed by atoms with van der Waals surface area (Å²) < 4.78 is 0. The maximum absolute atomic E-state index is 13.0. The Morgan fingerprint density at radius 3 is 1.34 bits per heavy atom. The topological polar surface area (TPSA) is 58.2 Å². The number of hydrogen-bond acceptors (Lipinski definition) is 4. The molecule has 4 unspecified atom stereocenters. The highest BCUT2D eigenvalue weighted by molar-refractivity contribution is 6.33. The summed E-state index contributed by atoms with van der Waals surface area (Å²) in [6, 6.07) is 23.4. The summed E-state index contributed by atoms with van der Waals surface area (Å²) in [5, 5.41) is 8.45. The molecule has 2 saturated carbocycles. The molecule has 38 heavy (non-hydrogen) atoms. The molecule has 0 aromatic heterocycles. The number of carbonyl (C=O) groups is 2. The highest BCUT2D eigenvalue weighted by Gasteiger charge is 2.34. The van der Waals surface area contributed by atoms with Gasteiger partial charge >= 0.3 is 0 Å². The maximum atomic E-state index is 13.0. The van der Waals surface area contributed by atoms with Crippen LogP contribution < -0.4 is 10.6 Å². The number of rotatable bonds is 8. The molecule has 3 aromatic rings. The Morgan fingerprint density at radius 2 is 0.974 bits per heavy atom. The molecule has 0 amide bonds. The second kappa shape index (κ2) is 12.4. The molecule has 3 aromatic carbocycles. The van der Waals surface area contributed by atoms with Crippen molar-refractivity contribution in [2.75, 3.05) is 10.6 Å². The van der Waals surface area contributed by atoms with Gasteiger partial charge in [0.25, 0.3) is 0 Å². The average molecular weight is 550 g/mol. The summed E-state index contributed by atoms with van der Waals surface area (Å²) in [5.41, 5.74) is 3.74. The van der Waals surface area contributed by atoms with Crippen LogP contribution in [0.1, 0.15) is 74.6 Å². The van der Waals surface area contributed by atoms with Gasteiger partial charge in [-0.3, -0.25) is 9.59 Å². The highest BCUT2D eigenvalue weighted by Crippen LogP contribution is 2.39. The number of para-hydroxylation sites is 2. The van der Waals surface area contributed by atoms with Crippen LogP contribution in [0.3, 0.4) is 0 Å². The molecular formula is C32H34Cl2N2O2. The van der Waals surface area contributed by atoms with E-state index in [1.807, 2.05) is 48.5 Å². The zero-order valence-electron chi connectivity index (χ0n) is 21.5. The number of hydrogen-bond donors (Lipinski definition) is 2. The third-order valence-electron chi connectivity index (χ3n) is 8.03. The third-order valence-corrected chi connectivity index (χ3v) is 8.69. The van der Waals surface area contributed by atoms with E-state index in [4.69, 9.17) is 23.2 Å². The number of Topliss-reactive ketones (excluding diaryl/α,β-unsaturated/α-hetero) is 2. The molecule has 0 radical (unpaired) electrons. The Hall–Kier alpha value is -2.82. The predicted octanol–water partition coefficient (Wildman–Crippen LogP) is 8.82. The van der Waals surface area contributed by atoms with Crippen LogP contribution in [0.4, 0.5) is 11.4 Å². The number of carbonyl (C=O) groups excluding carboxylic acids is 2. The number of anilines is 2. The zero-order valence-corrected chi connectivity index (χ0v) is 23.0. The SMILES string of the molecule is O=C1CCCCC1C(Nc1ccccc1Cl)c1ccc(C(Nc2ccccc2Cl)C2CCCCC2=O)cc1. The highest BCUT2D eigenvalue weighted by atomic mass is 35.5. The first-order valence-corrected chi connectivity index (χ1v) is 14.4. The van der Waals surface area contributed by atoms with Gasteiger partial charge in [0.15, 0.2) is 0 Å². The number of benzene rings is 3. The zero-order chi connectivity index (χ0) is 26.5. The minimum absolute atomic E-state index is 0.108. The lowest BCUT2D eigenvalue weighted by molar-refractivity contribution is -0.125. The van der Waals surface area contributed by atoms with Gasteiger partial charge in [0.05, 0.1) is 33.5 Å². The molecule has 0 bridgehead atoms. The van der Waals surface area contributed by atoms with E-state index in [2.05, 4.69) is 34.9 Å². The summed E-state index contributed by atoms with van der Waals surface area (Å²) in [6.07, 6.45) is 6.96. The molecule has 0 saturated heterocycles. The molecule has 198 valence electrons. The molecule has 4 nitrogen and oxygen atoms in total. The van der Waals surface area contributed by atoms with Crippen molar-refractivity contribution in [3.63, 3.8) is 0 Å². The van der Waals surface area contributed by atoms with Crippen LogP contribution in [0.25, 0.3) is 0 Å². The minimum Gasteiger partial charge on any atom is -0.376 e. The fourth-order valence-corrected chi connectivity index (χ4v) is 6.34. The van der Waals surface area contributed by atoms with Crippen molar-refractivity contribution in [2.45, 2.75) is 63.5 Å². The summed E-state index contributed by atoms with van der Waals surface area (Å²) in [5.74, 6) is 0.387. The number of nitrogens with one attached hydrogen (secondary N) is 2. The van der Waals surface area contributed by atoms with E-state index in [1.165, 1.54) is 0 Å². The number of ketones is 2. The van der Waals surface area contributed by atoms with Gasteiger partial charge in [-0.05, 0) is 61.1 Å². The molecule has 0 spiro atoms. The first kappa shape index (κ1) is 26.8. The summed E-state index contributed by atoms with van der Waals surface area (Å²) in [7, 11) is 0. The maximum Gasteiger partial charge on any atom is 0.138 e. The number of halogens is 2. The fraction of sp³-hybridized carbons (Fsp3) is 0.375. The van der Waals surface area contributed by atoms with Crippen molar-refractivity contribution in [2.24, 2.45) is 11.8 Å². The quantitative estimate of drug-likeness (QED) is 0.295. The molecule has 5 rings (SSSR count). The molecular weight excluding hydrogens is 515 g/mol. The summed E-state index contributed by atoms with van der Waals surface area (Å²) in [4.78, 5) is 26.0. The molecule has 0 aliphatic heterocycles. The molecule has 2 aliphatic carbocycles. The van der Waals surface area contributed by atoms with Gasteiger partial charge in [0, 0.05) is 24.7 Å². The standard InChI is InChI=1S/C32H34Cl2N2O2/c33-25-11-3-5-13-27(25)35-31(23-9-1-7-15-29(23)37)21-17-19-22(20-18-21)32(24-10-2-8-16-30(24)38)36-28-14-6-4-12-26(28)34/h3-6,11-14,17-20,23-24,31-32,35-36H,1-2,7-10,15-16H2. The van der Waals surface area contributed by atoms with Crippen molar-refractivity contribution in [3.8, 4) is 0 Å². The molecule has 2 N–H and O–H groups in total. The largest absolute Gasteiger partial charge is 0.376 e. The van der Waals surface area contributed by atoms with Crippen LogP contribution in [0.2, 0.25) is 10.0 Å². The Labute approximate surface area is 235 Å². The molecule has 6 heteroatoms. The van der Waals surface area contributed by atoms with Crippen molar-refractivity contribution >= 4 is 46.1 Å². The van der Waals surface area contributed by atoms with Crippen LogP contribution in [0, 0.1) is 11.8 Å². The second-order valence-corrected chi connectivity index (χ2v) is 11.3. The van der Waals surface area contributed by atoms with Crippen molar-refractivity contribution < 1.29 is 9.59 Å². The van der Waals surface area contributed by atoms with E-state index in [-0.39, 0.29) is 23.9 Å². The van der Waals surface area contributed by atoms with E-state index in [9.17, 15) is 9.59 Å². The predicted molar refractivity (Wildman–Crippen MR) is 156 cm³/mol. The summed E-state index contributed by atoms with van der Waals surface area (Å²) in [6.45, 7) is 0. The van der Waals surface area contributed by atoms with Crippen molar-refractivity contribution in [3.05, 3.63) is 94.0 Å². The molecule has 2 aliphatic rings. The van der Waals surface area contributed by atoms with Crippen LogP contribution in [-0.4, -0.2) is 11.6 Å². The van der Waals surface area contributed by atoms with Gasteiger partial charge < -0.3 is 10.6 Å². The normalized spacial score (nSPS) is 21.5.